The smallest absolute Gasteiger partial charge is 0.240 e. The first-order chi connectivity index (χ1) is 15.0. The third-order valence-corrected chi connectivity index (χ3v) is 8.07. The zero-order valence-electron chi connectivity index (χ0n) is 17.6. The minimum Gasteiger partial charge on any atom is -0.497 e. The van der Waals surface area contributed by atoms with E-state index in [2.05, 4.69) is 34.3 Å². The van der Waals surface area contributed by atoms with Crippen LogP contribution in [0.15, 0.2) is 59.5 Å². The molecule has 0 amide bonds. The average molecular weight is 441 g/mol. The van der Waals surface area contributed by atoms with Gasteiger partial charge in [-0.2, -0.15) is 0 Å². The maximum atomic E-state index is 12.9. The van der Waals surface area contributed by atoms with Crippen LogP contribution in [-0.2, 0) is 14.8 Å². The van der Waals surface area contributed by atoms with Crippen LogP contribution in [0.25, 0.3) is 0 Å². The second kappa shape index (κ2) is 8.30. The highest BCUT2D eigenvalue weighted by Crippen LogP contribution is 2.50. The van der Waals surface area contributed by atoms with Gasteiger partial charge in [0.15, 0.2) is 0 Å². The van der Waals surface area contributed by atoms with E-state index in [1.807, 2.05) is 24.3 Å². The van der Waals surface area contributed by atoms with Crippen LogP contribution in [0, 0.1) is 5.92 Å². The van der Waals surface area contributed by atoms with Crippen LogP contribution in [0.2, 0.25) is 0 Å². The molecule has 7 heteroatoms. The number of hydrogen-bond donors (Lipinski definition) is 2. The molecule has 31 heavy (non-hydrogen) atoms. The SMILES string of the molecule is COc1ccc(C2Nc3ccc(S(=O)(=O)NCC4CCCO4)cc3C3C=CCC32)cc1. The number of hydrogen-bond acceptors (Lipinski definition) is 5. The molecule has 164 valence electrons. The number of sulfonamides is 1. The van der Waals surface area contributed by atoms with Gasteiger partial charge in [0.2, 0.25) is 10.0 Å². The molecule has 0 spiro atoms. The summed E-state index contributed by atoms with van der Waals surface area (Å²) in [6.45, 7) is 1.03. The van der Waals surface area contributed by atoms with E-state index in [4.69, 9.17) is 9.47 Å². The van der Waals surface area contributed by atoms with E-state index in [0.29, 0.717) is 24.0 Å². The fourth-order valence-electron chi connectivity index (χ4n) is 4.97. The molecule has 4 unspecified atom stereocenters. The van der Waals surface area contributed by atoms with Crippen LogP contribution in [0.3, 0.4) is 0 Å². The highest BCUT2D eigenvalue weighted by atomic mass is 32.2. The molecule has 1 fully saturated rings. The molecule has 0 saturated carbocycles. The van der Waals surface area contributed by atoms with Crippen molar-refractivity contribution in [1.29, 1.82) is 0 Å². The van der Waals surface area contributed by atoms with Gasteiger partial charge in [0, 0.05) is 24.8 Å². The summed E-state index contributed by atoms with van der Waals surface area (Å²) < 4.78 is 39.4. The highest BCUT2D eigenvalue weighted by molar-refractivity contribution is 7.89. The molecule has 0 aromatic heterocycles. The standard InChI is InChI=1S/C24H28N2O4S/c1-29-17-9-7-16(8-10-17)24-21-6-2-5-20(21)22-14-19(11-12-23(22)26-24)31(27,28)25-15-18-4-3-13-30-18/h2,5,7-12,14,18,20-21,24-26H,3-4,6,13,15H2,1H3. The molecular formula is C24H28N2O4S. The summed E-state index contributed by atoms with van der Waals surface area (Å²) in [6.07, 6.45) is 7.25. The van der Waals surface area contributed by atoms with Crippen molar-refractivity contribution in [2.24, 2.45) is 5.92 Å². The average Bonchev–Trinajstić information content (AvgIpc) is 3.49. The van der Waals surface area contributed by atoms with E-state index in [0.717, 1.165) is 36.3 Å². The molecule has 1 saturated heterocycles. The molecule has 2 aromatic rings. The third-order valence-electron chi connectivity index (χ3n) is 6.64. The second-order valence-electron chi connectivity index (χ2n) is 8.48. The summed E-state index contributed by atoms with van der Waals surface area (Å²) >= 11 is 0. The van der Waals surface area contributed by atoms with Crippen molar-refractivity contribution in [2.45, 2.75) is 42.2 Å². The van der Waals surface area contributed by atoms with Gasteiger partial charge in [-0.05, 0) is 66.6 Å². The summed E-state index contributed by atoms with van der Waals surface area (Å²) in [5.41, 5.74) is 3.25. The molecule has 0 radical (unpaired) electrons. The van der Waals surface area contributed by atoms with Gasteiger partial charge in [-0.25, -0.2) is 13.1 Å². The number of anilines is 1. The van der Waals surface area contributed by atoms with Crippen LogP contribution in [0.5, 0.6) is 5.75 Å². The predicted molar refractivity (Wildman–Crippen MR) is 120 cm³/mol. The van der Waals surface area contributed by atoms with Gasteiger partial charge in [-0.3, -0.25) is 0 Å². The van der Waals surface area contributed by atoms with Crippen molar-refractivity contribution in [2.75, 3.05) is 25.6 Å². The van der Waals surface area contributed by atoms with Crippen LogP contribution in [-0.4, -0.2) is 34.8 Å². The molecule has 2 N–H and O–H groups in total. The monoisotopic (exact) mass is 440 g/mol. The minimum atomic E-state index is -3.58. The Morgan fingerprint density at radius 2 is 2.03 bits per heavy atom. The number of allylic oxidation sites excluding steroid dienone is 2. The van der Waals surface area contributed by atoms with Gasteiger partial charge in [0.05, 0.1) is 24.2 Å². The van der Waals surface area contributed by atoms with Crippen molar-refractivity contribution >= 4 is 15.7 Å². The summed E-state index contributed by atoms with van der Waals surface area (Å²) in [6, 6.07) is 13.8. The zero-order chi connectivity index (χ0) is 21.4. The van der Waals surface area contributed by atoms with E-state index in [1.165, 1.54) is 5.56 Å². The highest BCUT2D eigenvalue weighted by Gasteiger charge is 2.38. The number of benzene rings is 2. The quantitative estimate of drug-likeness (QED) is 0.665. The number of nitrogens with one attached hydrogen (secondary N) is 2. The molecule has 6 nitrogen and oxygen atoms in total. The maximum Gasteiger partial charge on any atom is 0.240 e. The Bertz CT molecular complexity index is 1080. The number of fused-ring (bicyclic) bond motifs is 3. The Hall–Kier alpha value is -2.35. The molecule has 3 aliphatic rings. The molecule has 4 atom stereocenters. The van der Waals surface area contributed by atoms with E-state index >= 15 is 0 Å². The van der Waals surface area contributed by atoms with Crippen molar-refractivity contribution in [3.05, 3.63) is 65.7 Å². The second-order valence-corrected chi connectivity index (χ2v) is 10.3. The van der Waals surface area contributed by atoms with Gasteiger partial charge in [0.25, 0.3) is 0 Å². The van der Waals surface area contributed by atoms with Crippen LogP contribution >= 0.6 is 0 Å². The van der Waals surface area contributed by atoms with E-state index < -0.39 is 10.0 Å². The van der Waals surface area contributed by atoms with Gasteiger partial charge in [0.1, 0.15) is 5.75 Å². The van der Waals surface area contributed by atoms with Crippen molar-refractivity contribution in [3.8, 4) is 5.75 Å². The van der Waals surface area contributed by atoms with E-state index in [9.17, 15) is 8.42 Å². The molecule has 2 aliphatic heterocycles. The summed E-state index contributed by atoms with van der Waals surface area (Å²) in [4.78, 5) is 0.313. The molecular weight excluding hydrogens is 412 g/mol. The predicted octanol–water partition coefficient (Wildman–Crippen LogP) is 3.98. The Balaban J connectivity index is 1.41. The van der Waals surface area contributed by atoms with E-state index in [-0.39, 0.29) is 18.1 Å². The largest absolute Gasteiger partial charge is 0.497 e. The maximum absolute atomic E-state index is 12.9. The number of methoxy groups -OCH3 is 1. The Kier molecular flexibility index (Phi) is 5.50. The number of rotatable bonds is 6. The lowest BCUT2D eigenvalue weighted by molar-refractivity contribution is 0.114. The van der Waals surface area contributed by atoms with Gasteiger partial charge >= 0.3 is 0 Å². The lowest BCUT2D eigenvalue weighted by atomic mass is 9.77. The Morgan fingerprint density at radius 3 is 2.77 bits per heavy atom. The minimum absolute atomic E-state index is 0.0264. The van der Waals surface area contributed by atoms with E-state index in [1.54, 1.807) is 13.2 Å². The molecule has 0 bridgehead atoms. The lowest BCUT2D eigenvalue weighted by Crippen LogP contribution is -2.32. The summed E-state index contributed by atoms with van der Waals surface area (Å²) in [7, 11) is -1.91. The fourth-order valence-corrected chi connectivity index (χ4v) is 6.07. The van der Waals surface area contributed by atoms with Crippen molar-refractivity contribution < 1.29 is 17.9 Å². The molecule has 2 aromatic carbocycles. The van der Waals surface area contributed by atoms with Gasteiger partial charge in [-0.1, -0.05) is 24.3 Å². The van der Waals surface area contributed by atoms with Crippen LogP contribution in [0.1, 0.15) is 42.3 Å². The molecule has 5 rings (SSSR count). The van der Waals surface area contributed by atoms with Gasteiger partial charge in [-0.15, -0.1) is 0 Å². The fraction of sp³-hybridized carbons (Fsp3) is 0.417. The molecule has 1 aliphatic carbocycles. The zero-order valence-corrected chi connectivity index (χ0v) is 18.4. The van der Waals surface area contributed by atoms with Crippen molar-refractivity contribution in [1.82, 2.24) is 4.72 Å². The van der Waals surface area contributed by atoms with Crippen LogP contribution < -0.4 is 14.8 Å². The summed E-state index contributed by atoms with van der Waals surface area (Å²) in [5, 5.41) is 3.66. The van der Waals surface area contributed by atoms with Crippen molar-refractivity contribution in [3.63, 3.8) is 0 Å². The van der Waals surface area contributed by atoms with Gasteiger partial charge < -0.3 is 14.8 Å². The lowest BCUT2D eigenvalue weighted by Gasteiger charge is -2.37. The topological polar surface area (TPSA) is 76.7 Å². The molecule has 2 heterocycles. The Morgan fingerprint density at radius 1 is 1.19 bits per heavy atom. The number of ether oxygens (including phenoxy) is 2. The summed E-state index contributed by atoms with van der Waals surface area (Å²) in [5.74, 6) is 1.38. The van der Waals surface area contributed by atoms with Crippen LogP contribution in [0.4, 0.5) is 5.69 Å². The Labute approximate surface area is 183 Å². The first-order valence-corrected chi connectivity index (χ1v) is 12.4. The third kappa shape index (κ3) is 3.97. The first kappa shape index (κ1) is 20.5. The normalized spacial score (nSPS) is 26.9. The first-order valence-electron chi connectivity index (χ1n) is 10.9.